The first-order chi connectivity index (χ1) is 7.66. The summed E-state index contributed by atoms with van der Waals surface area (Å²) in [4.78, 5) is 11.6. The fourth-order valence-electron chi connectivity index (χ4n) is 1.34. The molecule has 0 saturated carbocycles. The molecule has 1 heterocycles. The molecular weight excluding hydrogens is 204 g/mol. The maximum atomic E-state index is 11.6. The third-order valence-electron chi connectivity index (χ3n) is 2.43. The van der Waals surface area contributed by atoms with Crippen molar-refractivity contribution >= 4 is 11.6 Å². The molecule has 1 N–H and O–H groups in total. The van der Waals surface area contributed by atoms with Gasteiger partial charge in [-0.25, -0.2) is 0 Å². The van der Waals surface area contributed by atoms with Crippen LogP contribution in [0.4, 0.5) is 5.69 Å². The fourth-order valence-corrected chi connectivity index (χ4v) is 1.34. The predicted molar refractivity (Wildman–Crippen MR) is 60.4 cm³/mol. The van der Waals surface area contributed by atoms with Crippen LogP contribution in [0.1, 0.15) is 21.7 Å². The van der Waals surface area contributed by atoms with E-state index in [2.05, 4.69) is 10.5 Å². The first-order valence-corrected chi connectivity index (χ1v) is 4.96. The summed E-state index contributed by atoms with van der Waals surface area (Å²) < 4.78 is 4.76. The van der Waals surface area contributed by atoms with Crippen molar-refractivity contribution in [3.8, 4) is 0 Å². The van der Waals surface area contributed by atoms with Gasteiger partial charge in [0.25, 0.3) is 5.91 Å². The number of carbonyl (C=O) groups excluding carboxylic acids is 1. The highest BCUT2D eigenvalue weighted by atomic mass is 16.5. The van der Waals surface area contributed by atoms with Crippen LogP contribution in [-0.2, 0) is 0 Å². The maximum absolute atomic E-state index is 11.6. The van der Waals surface area contributed by atoms with Crippen molar-refractivity contribution < 1.29 is 9.32 Å². The summed E-state index contributed by atoms with van der Waals surface area (Å²) in [6.07, 6.45) is 1.44. The summed E-state index contributed by atoms with van der Waals surface area (Å²) in [6.45, 7) is 4.02. The van der Waals surface area contributed by atoms with E-state index >= 15 is 0 Å². The second kappa shape index (κ2) is 4.18. The van der Waals surface area contributed by atoms with Gasteiger partial charge in [0.15, 0.2) is 0 Å². The average molecular weight is 216 g/mol. The molecule has 0 aliphatic carbocycles. The lowest BCUT2D eigenvalue weighted by atomic mass is 10.1. The molecule has 2 aromatic rings. The van der Waals surface area contributed by atoms with Crippen molar-refractivity contribution in [2.45, 2.75) is 13.8 Å². The molecular formula is C12H12N2O2. The molecule has 0 unspecified atom stereocenters. The van der Waals surface area contributed by atoms with Crippen LogP contribution in [0.2, 0.25) is 0 Å². The Labute approximate surface area is 93.3 Å². The Hall–Kier alpha value is -2.10. The average Bonchev–Trinajstić information content (AvgIpc) is 2.77. The lowest BCUT2D eigenvalue weighted by molar-refractivity contribution is 0.0988. The third kappa shape index (κ3) is 2.11. The topological polar surface area (TPSA) is 55.1 Å². The minimum atomic E-state index is -0.291. The van der Waals surface area contributed by atoms with Gasteiger partial charge < -0.3 is 9.84 Å². The Bertz CT molecular complexity index is 504. The van der Waals surface area contributed by atoms with Gasteiger partial charge in [-0.1, -0.05) is 11.2 Å². The lowest BCUT2D eigenvalue weighted by Crippen LogP contribution is -2.10. The fraction of sp³-hybridized carbons (Fsp3) is 0.167. The molecule has 0 aliphatic heterocycles. The molecule has 0 saturated heterocycles. The van der Waals surface area contributed by atoms with E-state index in [4.69, 9.17) is 4.52 Å². The zero-order valence-corrected chi connectivity index (χ0v) is 9.15. The Balaban J connectivity index is 2.15. The molecule has 4 nitrogen and oxygen atoms in total. The highest BCUT2D eigenvalue weighted by molar-refractivity contribution is 6.02. The normalized spacial score (nSPS) is 10.1. The van der Waals surface area contributed by atoms with E-state index in [0.29, 0.717) is 0 Å². The molecule has 82 valence electrons. The molecule has 4 heteroatoms. The van der Waals surface area contributed by atoms with Gasteiger partial charge in [-0.05, 0) is 37.1 Å². The van der Waals surface area contributed by atoms with Crippen LogP contribution in [0.5, 0.6) is 0 Å². The zero-order valence-electron chi connectivity index (χ0n) is 9.15. The number of anilines is 1. The second-order valence-electron chi connectivity index (χ2n) is 3.63. The van der Waals surface area contributed by atoms with Crippen LogP contribution in [0, 0.1) is 13.8 Å². The van der Waals surface area contributed by atoms with Gasteiger partial charge >= 0.3 is 0 Å². The van der Waals surface area contributed by atoms with Crippen LogP contribution in [0.25, 0.3) is 0 Å². The number of rotatable bonds is 2. The summed E-state index contributed by atoms with van der Waals surface area (Å²) >= 11 is 0. The van der Waals surface area contributed by atoms with E-state index in [-0.39, 0.29) is 11.7 Å². The molecule has 1 aromatic heterocycles. The molecule has 1 aromatic carbocycles. The number of hydrogen-bond donors (Lipinski definition) is 1. The number of benzene rings is 1. The Kier molecular flexibility index (Phi) is 2.72. The first-order valence-electron chi connectivity index (χ1n) is 4.96. The van der Waals surface area contributed by atoms with Gasteiger partial charge in [-0.15, -0.1) is 0 Å². The third-order valence-corrected chi connectivity index (χ3v) is 2.43. The summed E-state index contributed by atoms with van der Waals surface area (Å²) in [6, 6.07) is 7.27. The van der Waals surface area contributed by atoms with Crippen LogP contribution >= 0.6 is 0 Å². The number of hydrogen-bond acceptors (Lipinski definition) is 3. The quantitative estimate of drug-likeness (QED) is 0.839. The molecule has 0 spiro atoms. The number of nitrogens with one attached hydrogen (secondary N) is 1. The Morgan fingerprint density at radius 3 is 2.69 bits per heavy atom. The number of aryl methyl sites for hydroxylation is 2. The molecule has 2 rings (SSSR count). The van der Waals surface area contributed by atoms with Gasteiger partial charge in [-0.3, -0.25) is 4.79 Å². The van der Waals surface area contributed by atoms with Crippen LogP contribution in [0.15, 0.2) is 35.0 Å². The van der Waals surface area contributed by atoms with Gasteiger partial charge in [0.2, 0.25) is 5.76 Å². The minimum absolute atomic E-state index is 0.207. The lowest BCUT2D eigenvalue weighted by Gasteiger charge is -2.05. The highest BCUT2D eigenvalue weighted by Gasteiger charge is 2.09. The van der Waals surface area contributed by atoms with E-state index in [1.807, 2.05) is 32.0 Å². The number of aromatic nitrogens is 1. The zero-order chi connectivity index (χ0) is 11.5. The Morgan fingerprint density at radius 1 is 1.25 bits per heavy atom. The molecule has 16 heavy (non-hydrogen) atoms. The summed E-state index contributed by atoms with van der Waals surface area (Å²) in [5, 5.41) is 6.22. The van der Waals surface area contributed by atoms with Crippen molar-refractivity contribution in [3.63, 3.8) is 0 Å². The summed E-state index contributed by atoms with van der Waals surface area (Å²) in [5.41, 5.74) is 3.08. The maximum Gasteiger partial charge on any atom is 0.294 e. The standard InChI is InChI=1S/C12H12N2O2/c1-8-3-4-10(7-9(8)2)14-12(15)11-5-6-13-16-11/h3-7H,1-2H3,(H,14,15). The van der Waals surface area contributed by atoms with Gasteiger partial charge in [0.1, 0.15) is 0 Å². The number of nitrogens with zero attached hydrogens (tertiary/aromatic N) is 1. The first kappa shape index (κ1) is 10.4. The molecule has 1 amide bonds. The smallest absolute Gasteiger partial charge is 0.294 e. The van der Waals surface area contributed by atoms with Crippen molar-refractivity contribution in [1.82, 2.24) is 5.16 Å². The molecule has 0 bridgehead atoms. The van der Waals surface area contributed by atoms with Crippen LogP contribution in [-0.4, -0.2) is 11.1 Å². The molecule has 0 fully saturated rings. The summed E-state index contributed by atoms with van der Waals surface area (Å²) in [7, 11) is 0. The van der Waals surface area contributed by atoms with Gasteiger partial charge in [-0.2, -0.15) is 0 Å². The van der Waals surface area contributed by atoms with Crippen molar-refractivity contribution in [2.24, 2.45) is 0 Å². The van der Waals surface area contributed by atoms with Crippen molar-refractivity contribution in [1.29, 1.82) is 0 Å². The van der Waals surface area contributed by atoms with E-state index < -0.39 is 0 Å². The van der Waals surface area contributed by atoms with Crippen molar-refractivity contribution in [3.05, 3.63) is 47.3 Å². The predicted octanol–water partition coefficient (Wildman–Crippen LogP) is 2.54. The summed E-state index contributed by atoms with van der Waals surface area (Å²) in [5.74, 6) is -0.0843. The van der Waals surface area contributed by atoms with Crippen molar-refractivity contribution in [2.75, 3.05) is 5.32 Å². The molecule has 0 radical (unpaired) electrons. The second-order valence-corrected chi connectivity index (χ2v) is 3.63. The van der Waals surface area contributed by atoms with Gasteiger partial charge in [0, 0.05) is 11.8 Å². The van der Waals surface area contributed by atoms with E-state index in [1.165, 1.54) is 17.8 Å². The Morgan fingerprint density at radius 2 is 2.06 bits per heavy atom. The van der Waals surface area contributed by atoms with Gasteiger partial charge in [0.05, 0.1) is 6.20 Å². The SMILES string of the molecule is Cc1ccc(NC(=O)c2ccno2)cc1C. The monoisotopic (exact) mass is 216 g/mol. The largest absolute Gasteiger partial charge is 0.351 e. The molecule has 0 atom stereocenters. The number of carbonyl (C=O) groups is 1. The number of amides is 1. The van der Waals surface area contributed by atoms with E-state index in [9.17, 15) is 4.79 Å². The highest BCUT2D eigenvalue weighted by Crippen LogP contribution is 2.15. The minimum Gasteiger partial charge on any atom is -0.351 e. The van der Waals surface area contributed by atoms with Crippen LogP contribution in [0.3, 0.4) is 0 Å². The van der Waals surface area contributed by atoms with E-state index in [1.54, 1.807) is 0 Å². The molecule has 0 aliphatic rings. The van der Waals surface area contributed by atoms with E-state index in [0.717, 1.165) is 11.3 Å². The van der Waals surface area contributed by atoms with Crippen LogP contribution < -0.4 is 5.32 Å².